The van der Waals surface area contributed by atoms with Crippen molar-refractivity contribution >= 4 is 38.7 Å². The van der Waals surface area contributed by atoms with Crippen molar-refractivity contribution in [1.82, 2.24) is 18.8 Å². The van der Waals surface area contributed by atoms with E-state index in [1.807, 2.05) is 0 Å². The normalized spacial score (nSPS) is 20.6. The van der Waals surface area contributed by atoms with Gasteiger partial charge in [-0.2, -0.15) is 8.75 Å². The molecule has 1 saturated carbocycles. The maximum atomic E-state index is 12.8. The summed E-state index contributed by atoms with van der Waals surface area (Å²) in [6, 6.07) is 5.02. The minimum Gasteiger partial charge on any atom is -0.356 e. The third kappa shape index (κ3) is 6.46. The van der Waals surface area contributed by atoms with Crippen LogP contribution in [0.5, 0.6) is 0 Å². The number of hydrogen-bond donors (Lipinski definition) is 2. The molecule has 3 rings (SSSR count). The van der Waals surface area contributed by atoms with E-state index in [9.17, 15) is 13.2 Å². The van der Waals surface area contributed by atoms with Gasteiger partial charge in [0, 0.05) is 19.0 Å². The Balaban J connectivity index is 1.45. The molecule has 0 aliphatic heterocycles. The van der Waals surface area contributed by atoms with Crippen LogP contribution in [0, 0.1) is 17.8 Å². The van der Waals surface area contributed by atoms with E-state index in [0.717, 1.165) is 50.4 Å². The standard InChI is InChI=1S/C22H34N4O3S2/c1-3-5-7-16(4-2)14-23-22(27)18-12-10-17(11-13-18)15-24-31(28,29)20-9-6-8-19-21(20)26-30-25-19/h6,8-9,16-18,24H,3-5,7,10-15H2,1-2H3,(H,23,27)/t16-,17?,18?/m0/s1. The van der Waals surface area contributed by atoms with Gasteiger partial charge in [-0.25, -0.2) is 13.1 Å². The second kappa shape index (κ2) is 11.3. The van der Waals surface area contributed by atoms with Crippen molar-refractivity contribution in [3.8, 4) is 0 Å². The van der Waals surface area contributed by atoms with Gasteiger partial charge in [0.15, 0.2) is 0 Å². The molecule has 0 spiro atoms. The Morgan fingerprint density at radius 2 is 1.97 bits per heavy atom. The van der Waals surface area contributed by atoms with Gasteiger partial charge in [0.1, 0.15) is 15.9 Å². The third-order valence-corrected chi connectivity index (χ3v) is 8.42. The fourth-order valence-electron chi connectivity index (χ4n) is 4.26. The summed E-state index contributed by atoms with van der Waals surface area (Å²) < 4.78 is 36.5. The number of aromatic nitrogens is 2. The van der Waals surface area contributed by atoms with Crippen molar-refractivity contribution in [1.29, 1.82) is 0 Å². The van der Waals surface area contributed by atoms with Gasteiger partial charge >= 0.3 is 0 Å². The third-order valence-electron chi connectivity index (χ3n) is 6.43. The van der Waals surface area contributed by atoms with E-state index in [2.05, 4.69) is 32.6 Å². The number of nitrogens with zero attached hydrogens (tertiary/aromatic N) is 2. The molecule has 1 amide bonds. The molecule has 0 radical (unpaired) electrons. The number of rotatable bonds is 11. The van der Waals surface area contributed by atoms with Gasteiger partial charge in [0.05, 0.1) is 11.7 Å². The molecule has 1 aromatic heterocycles. The number of amides is 1. The number of benzene rings is 1. The second-order valence-electron chi connectivity index (χ2n) is 8.62. The molecule has 172 valence electrons. The molecule has 9 heteroatoms. The topological polar surface area (TPSA) is 101 Å². The van der Waals surface area contributed by atoms with E-state index in [1.54, 1.807) is 18.2 Å². The number of hydrogen-bond acceptors (Lipinski definition) is 6. The van der Waals surface area contributed by atoms with E-state index < -0.39 is 10.0 Å². The van der Waals surface area contributed by atoms with Gasteiger partial charge in [-0.15, -0.1) is 0 Å². The molecule has 0 unspecified atom stereocenters. The molecular formula is C22H34N4O3S2. The lowest BCUT2D eigenvalue weighted by atomic mass is 9.81. The van der Waals surface area contributed by atoms with Crippen molar-refractivity contribution in [3.63, 3.8) is 0 Å². The molecule has 1 aliphatic carbocycles. The first-order valence-corrected chi connectivity index (χ1v) is 13.6. The van der Waals surface area contributed by atoms with E-state index in [0.29, 0.717) is 23.5 Å². The van der Waals surface area contributed by atoms with Crippen molar-refractivity contribution in [3.05, 3.63) is 18.2 Å². The Kier molecular flexibility index (Phi) is 8.80. The maximum absolute atomic E-state index is 12.8. The molecule has 1 heterocycles. The zero-order chi connectivity index (χ0) is 22.3. The number of sulfonamides is 1. The molecule has 1 atom stereocenters. The first-order chi connectivity index (χ1) is 14.9. The molecule has 2 N–H and O–H groups in total. The predicted molar refractivity (Wildman–Crippen MR) is 124 cm³/mol. The molecule has 1 fully saturated rings. The molecule has 31 heavy (non-hydrogen) atoms. The Morgan fingerprint density at radius 3 is 2.68 bits per heavy atom. The Morgan fingerprint density at radius 1 is 1.19 bits per heavy atom. The summed E-state index contributed by atoms with van der Waals surface area (Å²) in [5, 5.41) is 3.16. The van der Waals surface area contributed by atoms with Gasteiger partial charge in [0.25, 0.3) is 0 Å². The Labute approximate surface area is 189 Å². The second-order valence-corrected chi connectivity index (χ2v) is 10.9. The molecule has 1 aliphatic rings. The summed E-state index contributed by atoms with van der Waals surface area (Å²) >= 11 is 1.01. The average Bonchev–Trinajstić information content (AvgIpc) is 3.27. The number of unbranched alkanes of at least 4 members (excludes halogenated alkanes) is 1. The van der Waals surface area contributed by atoms with E-state index in [1.165, 1.54) is 19.3 Å². The summed E-state index contributed by atoms with van der Waals surface area (Å²) in [7, 11) is -3.64. The maximum Gasteiger partial charge on any atom is 0.242 e. The van der Waals surface area contributed by atoms with Gasteiger partial charge in [-0.05, 0) is 56.1 Å². The van der Waals surface area contributed by atoms with Crippen LogP contribution in [0.4, 0.5) is 0 Å². The van der Waals surface area contributed by atoms with Crippen molar-refractivity contribution < 1.29 is 13.2 Å². The lowest BCUT2D eigenvalue weighted by Crippen LogP contribution is -2.37. The first-order valence-electron chi connectivity index (χ1n) is 11.4. The van der Waals surface area contributed by atoms with Gasteiger partial charge in [-0.1, -0.05) is 39.2 Å². The molecule has 2 aromatic rings. The van der Waals surface area contributed by atoms with Gasteiger partial charge < -0.3 is 5.32 Å². The van der Waals surface area contributed by atoms with Crippen molar-refractivity contribution in [2.75, 3.05) is 13.1 Å². The van der Waals surface area contributed by atoms with E-state index >= 15 is 0 Å². The van der Waals surface area contributed by atoms with E-state index in [-0.39, 0.29) is 22.6 Å². The SMILES string of the molecule is CCCC[C@H](CC)CNC(=O)C1CCC(CNS(=O)(=O)c2cccc3nsnc23)CC1. The minimum absolute atomic E-state index is 0.0476. The highest BCUT2D eigenvalue weighted by Crippen LogP contribution is 2.29. The monoisotopic (exact) mass is 466 g/mol. The highest BCUT2D eigenvalue weighted by molar-refractivity contribution is 7.89. The van der Waals surface area contributed by atoms with Crippen LogP contribution in [0.2, 0.25) is 0 Å². The number of carbonyl (C=O) groups excluding carboxylic acids is 1. The predicted octanol–water partition coefficient (Wildman–Crippen LogP) is 4.11. The molecule has 0 saturated heterocycles. The first kappa shape index (κ1) is 24.1. The lowest BCUT2D eigenvalue weighted by Gasteiger charge is -2.28. The largest absolute Gasteiger partial charge is 0.356 e. The summed E-state index contributed by atoms with van der Waals surface area (Å²) in [5.41, 5.74) is 1.02. The molecular weight excluding hydrogens is 432 g/mol. The lowest BCUT2D eigenvalue weighted by molar-refractivity contribution is -0.126. The van der Waals surface area contributed by atoms with Gasteiger partial charge in [0.2, 0.25) is 15.9 Å². The summed E-state index contributed by atoms with van der Waals surface area (Å²) in [6.45, 7) is 5.54. The Hall–Kier alpha value is -1.58. The van der Waals surface area contributed by atoms with Crippen LogP contribution in [0.1, 0.15) is 65.2 Å². The van der Waals surface area contributed by atoms with E-state index in [4.69, 9.17) is 0 Å². The van der Waals surface area contributed by atoms with Crippen LogP contribution in [0.25, 0.3) is 11.0 Å². The summed E-state index contributed by atoms with van der Waals surface area (Å²) in [5.74, 6) is 1.02. The average molecular weight is 467 g/mol. The molecule has 1 aromatic carbocycles. The van der Waals surface area contributed by atoms with Crippen LogP contribution < -0.4 is 10.0 Å². The Bertz CT molecular complexity index is 953. The van der Waals surface area contributed by atoms with Crippen LogP contribution in [-0.2, 0) is 14.8 Å². The number of carbonyl (C=O) groups is 1. The van der Waals surface area contributed by atoms with Crippen molar-refractivity contribution in [2.45, 2.75) is 70.1 Å². The zero-order valence-electron chi connectivity index (χ0n) is 18.5. The van der Waals surface area contributed by atoms with Crippen LogP contribution in [-0.4, -0.2) is 36.2 Å². The quantitative estimate of drug-likeness (QED) is 0.519. The number of fused-ring (bicyclic) bond motifs is 1. The van der Waals surface area contributed by atoms with Gasteiger partial charge in [-0.3, -0.25) is 4.79 Å². The smallest absolute Gasteiger partial charge is 0.242 e. The molecule has 0 bridgehead atoms. The van der Waals surface area contributed by atoms with Crippen molar-refractivity contribution in [2.24, 2.45) is 17.8 Å². The minimum atomic E-state index is -3.64. The number of nitrogens with one attached hydrogen (secondary N) is 2. The summed E-state index contributed by atoms with van der Waals surface area (Å²) in [4.78, 5) is 12.7. The fourth-order valence-corrected chi connectivity index (χ4v) is 6.15. The highest BCUT2D eigenvalue weighted by atomic mass is 32.2. The zero-order valence-corrected chi connectivity index (χ0v) is 20.1. The molecule has 7 nitrogen and oxygen atoms in total. The van der Waals surface area contributed by atoms with Crippen LogP contribution in [0.15, 0.2) is 23.1 Å². The van der Waals surface area contributed by atoms with Crippen LogP contribution >= 0.6 is 11.7 Å². The summed E-state index contributed by atoms with van der Waals surface area (Å²) in [6.07, 6.45) is 8.01. The van der Waals surface area contributed by atoms with Crippen LogP contribution in [0.3, 0.4) is 0 Å². The highest BCUT2D eigenvalue weighted by Gasteiger charge is 2.28. The fraction of sp³-hybridized carbons (Fsp3) is 0.682.